The Bertz CT molecular complexity index is 405. The van der Waals surface area contributed by atoms with Crippen LogP contribution in [-0.2, 0) is 6.42 Å². The molecule has 2 atom stereocenters. The molecule has 1 aromatic rings. The van der Waals surface area contributed by atoms with Gasteiger partial charge in [-0.25, -0.2) is 4.79 Å². The summed E-state index contributed by atoms with van der Waals surface area (Å²) in [6, 6.07) is 8.00. The van der Waals surface area contributed by atoms with Gasteiger partial charge in [0.1, 0.15) is 0 Å². The zero-order valence-electron chi connectivity index (χ0n) is 8.29. The molecule has 78 valence electrons. The van der Waals surface area contributed by atoms with Crippen molar-refractivity contribution in [3.8, 4) is 0 Å². The minimum Gasteiger partial charge on any atom is -0.377 e. The second-order valence-corrected chi connectivity index (χ2v) is 4.38. The summed E-state index contributed by atoms with van der Waals surface area (Å²) in [6.07, 6.45) is 1.94. The first-order valence-corrected chi connectivity index (χ1v) is 5.12. The molecule has 1 aliphatic heterocycles. The molecular weight excluding hydrogens is 190 g/mol. The lowest BCUT2D eigenvalue weighted by molar-refractivity contribution is 0.248. The van der Waals surface area contributed by atoms with E-state index in [1.165, 1.54) is 11.3 Å². The molecule has 0 bridgehead atoms. The highest BCUT2D eigenvalue weighted by Crippen LogP contribution is 2.48. The standard InChI is InChI=1S/C11H13N3O/c12-10(15)13-9-6-11(9)5-7-3-1-2-4-8(7)14-11/h1-4,9,14H,5-6H2,(H3,12,13,15). The lowest BCUT2D eigenvalue weighted by atomic mass is 10.1. The van der Waals surface area contributed by atoms with E-state index in [4.69, 9.17) is 5.73 Å². The van der Waals surface area contributed by atoms with Crippen molar-refractivity contribution >= 4 is 11.7 Å². The third kappa shape index (κ3) is 1.25. The fourth-order valence-corrected chi connectivity index (χ4v) is 2.45. The van der Waals surface area contributed by atoms with Gasteiger partial charge in [-0.1, -0.05) is 18.2 Å². The maximum atomic E-state index is 10.7. The van der Waals surface area contributed by atoms with Crippen molar-refractivity contribution in [1.29, 1.82) is 0 Å². The van der Waals surface area contributed by atoms with Crippen molar-refractivity contribution in [2.45, 2.75) is 24.4 Å². The van der Waals surface area contributed by atoms with Gasteiger partial charge in [0.05, 0.1) is 11.6 Å². The van der Waals surface area contributed by atoms with Gasteiger partial charge >= 0.3 is 6.03 Å². The van der Waals surface area contributed by atoms with Gasteiger partial charge in [-0.05, 0) is 24.5 Å². The number of anilines is 1. The molecule has 2 aliphatic rings. The SMILES string of the molecule is NC(=O)NC1CC12Cc1ccccc1N2. The number of carbonyl (C=O) groups excluding carboxylic acids is 1. The predicted octanol–water partition coefficient (Wildman–Crippen LogP) is 0.834. The molecule has 1 fully saturated rings. The number of fused-ring (bicyclic) bond motifs is 1. The normalized spacial score (nSPS) is 30.8. The summed E-state index contributed by atoms with van der Waals surface area (Å²) in [6.45, 7) is 0. The number of para-hydroxylation sites is 1. The van der Waals surface area contributed by atoms with Gasteiger partial charge in [0.2, 0.25) is 0 Å². The Morgan fingerprint density at radius 1 is 1.53 bits per heavy atom. The van der Waals surface area contributed by atoms with Crippen molar-refractivity contribution in [3.05, 3.63) is 29.8 Å². The summed E-state index contributed by atoms with van der Waals surface area (Å²) in [5.74, 6) is 0. The zero-order chi connectivity index (χ0) is 10.5. The highest BCUT2D eigenvalue weighted by molar-refractivity contribution is 5.74. The number of primary amides is 1. The number of nitrogens with two attached hydrogens (primary N) is 1. The summed E-state index contributed by atoms with van der Waals surface area (Å²) >= 11 is 0. The van der Waals surface area contributed by atoms with Gasteiger partial charge in [-0.3, -0.25) is 0 Å². The number of carbonyl (C=O) groups is 1. The summed E-state index contributed by atoms with van der Waals surface area (Å²) in [5, 5.41) is 6.23. The molecule has 3 rings (SSSR count). The predicted molar refractivity (Wildman–Crippen MR) is 57.6 cm³/mol. The van der Waals surface area contributed by atoms with Gasteiger partial charge in [-0.15, -0.1) is 0 Å². The fraction of sp³-hybridized carbons (Fsp3) is 0.364. The largest absolute Gasteiger partial charge is 0.377 e. The molecule has 0 radical (unpaired) electrons. The lowest BCUT2D eigenvalue weighted by Crippen LogP contribution is -2.38. The molecule has 0 saturated heterocycles. The maximum absolute atomic E-state index is 10.7. The molecule has 4 heteroatoms. The molecule has 1 aromatic carbocycles. The van der Waals surface area contributed by atoms with Crippen LogP contribution in [0.25, 0.3) is 0 Å². The number of benzene rings is 1. The Hall–Kier alpha value is -1.71. The van der Waals surface area contributed by atoms with Crippen LogP contribution in [-0.4, -0.2) is 17.6 Å². The molecule has 15 heavy (non-hydrogen) atoms. The van der Waals surface area contributed by atoms with Crippen LogP contribution in [0.3, 0.4) is 0 Å². The zero-order valence-corrected chi connectivity index (χ0v) is 8.29. The topological polar surface area (TPSA) is 67.2 Å². The fourth-order valence-electron chi connectivity index (χ4n) is 2.45. The third-order valence-electron chi connectivity index (χ3n) is 3.30. The van der Waals surface area contributed by atoms with E-state index in [-0.39, 0.29) is 11.6 Å². The molecule has 2 unspecified atom stereocenters. The van der Waals surface area contributed by atoms with E-state index in [0.717, 1.165) is 12.8 Å². The Labute approximate surface area is 87.8 Å². The van der Waals surface area contributed by atoms with Crippen LogP contribution in [0.4, 0.5) is 10.5 Å². The van der Waals surface area contributed by atoms with E-state index in [9.17, 15) is 4.79 Å². The number of hydrogen-bond acceptors (Lipinski definition) is 2. The third-order valence-corrected chi connectivity index (χ3v) is 3.30. The molecule has 4 N–H and O–H groups in total. The van der Waals surface area contributed by atoms with Crippen molar-refractivity contribution in [1.82, 2.24) is 5.32 Å². The molecule has 2 amide bonds. The number of rotatable bonds is 1. The first-order valence-electron chi connectivity index (χ1n) is 5.12. The first kappa shape index (κ1) is 8.59. The van der Waals surface area contributed by atoms with E-state index in [2.05, 4.69) is 22.8 Å². The molecule has 1 heterocycles. The average molecular weight is 203 g/mol. The number of nitrogens with one attached hydrogen (secondary N) is 2. The van der Waals surface area contributed by atoms with Crippen LogP contribution in [0.2, 0.25) is 0 Å². The average Bonchev–Trinajstić information content (AvgIpc) is 2.70. The van der Waals surface area contributed by atoms with Crippen molar-refractivity contribution < 1.29 is 4.79 Å². The number of amides is 2. The minimum atomic E-state index is -0.436. The summed E-state index contributed by atoms with van der Waals surface area (Å²) in [4.78, 5) is 10.7. The monoisotopic (exact) mass is 203 g/mol. The quantitative estimate of drug-likeness (QED) is 0.633. The Morgan fingerprint density at radius 2 is 2.33 bits per heavy atom. The molecule has 1 aliphatic carbocycles. The van der Waals surface area contributed by atoms with E-state index < -0.39 is 6.03 Å². The summed E-state index contributed by atoms with van der Waals surface area (Å²) < 4.78 is 0. The van der Waals surface area contributed by atoms with Crippen LogP contribution in [0.5, 0.6) is 0 Å². The van der Waals surface area contributed by atoms with Crippen molar-refractivity contribution in [2.75, 3.05) is 5.32 Å². The van der Waals surface area contributed by atoms with Crippen LogP contribution >= 0.6 is 0 Å². The molecule has 1 saturated carbocycles. The summed E-state index contributed by atoms with van der Waals surface area (Å²) in [7, 11) is 0. The Morgan fingerprint density at radius 3 is 3.07 bits per heavy atom. The Kier molecular flexibility index (Phi) is 1.52. The number of hydrogen-bond donors (Lipinski definition) is 3. The van der Waals surface area contributed by atoms with E-state index in [1.807, 2.05) is 12.1 Å². The molecular formula is C11H13N3O. The van der Waals surface area contributed by atoms with E-state index in [0.29, 0.717) is 0 Å². The van der Waals surface area contributed by atoms with Crippen LogP contribution in [0.1, 0.15) is 12.0 Å². The van der Waals surface area contributed by atoms with Crippen LogP contribution in [0, 0.1) is 0 Å². The number of urea groups is 1. The minimum absolute atomic E-state index is 0.0404. The molecule has 4 nitrogen and oxygen atoms in total. The van der Waals surface area contributed by atoms with Gasteiger partial charge in [0, 0.05) is 5.69 Å². The van der Waals surface area contributed by atoms with Gasteiger partial charge in [0.15, 0.2) is 0 Å². The van der Waals surface area contributed by atoms with Crippen molar-refractivity contribution in [3.63, 3.8) is 0 Å². The van der Waals surface area contributed by atoms with Gasteiger partial charge < -0.3 is 16.4 Å². The molecule has 1 spiro atoms. The molecule has 0 aromatic heterocycles. The second kappa shape index (κ2) is 2.66. The highest BCUT2D eigenvalue weighted by atomic mass is 16.2. The smallest absolute Gasteiger partial charge is 0.312 e. The maximum Gasteiger partial charge on any atom is 0.312 e. The highest BCUT2D eigenvalue weighted by Gasteiger charge is 2.57. The van der Waals surface area contributed by atoms with Crippen LogP contribution in [0.15, 0.2) is 24.3 Å². The van der Waals surface area contributed by atoms with E-state index in [1.54, 1.807) is 0 Å². The summed E-state index contributed by atoms with van der Waals surface area (Å²) in [5.41, 5.74) is 7.66. The lowest BCUT2D eigenvalue weighted by Gasteiger charge is -2.10. The Balaban J connectivity index is 1.78. The van der Waals surface area contributed by atoms with Crippen molar-refractivity contribution in [2.24, 2.45) is 5.73 Å². The second-order valence-electron chi connectivity index (χ2n) is 4.38. The van der Waals surface area contributed by atoms with E-state index >= 15 is 0 Å². The van der Waals surface area contributed by atoms with Crippen LogP contribution < -0.4 is 16.4 Å². The van der Waals surface area contributed by atoms with Gasteiger partial charge in [0.25, 0.3) is 0 Å². The van der Waals surface area contributed by atoms with Gasteiger partial charge in [-0.2, -0.15) is 0 Å². The first-order chi connectivity index (χ1) is 7.20.